The highest BCUT2D eigenvalue weighted by molar-refractivity contribution is 7.52. The molecule has 2 aromatic carbocycles. The van der Waals surface area contributed by atoms with Crippen molar-refractivity contribution in [3.63, 3.8) is 0 Å². The van der Waals surface area contributed by atoms with E-state index in [0.29, 0.717) is 52.7 Å². The first-order valence-electron chi connectivity index (χ1n) is 26.5. The van der Waals surface area contributed by atoms with Gasteiger partial charge in [0.1, 0.15) is 57.6 Å². The molecule has 24 nitrogen and oxygen atoms in total. The Bertz CT molecular complexity index is 3050. The summed E-state index contributed by atoms with van der Waals surface area (Å²) in [5, 5.41) is 9.64. The van der Waals surface area contributed by atoms with Gasteiger partial charge in [0.15, 0.2) is 58.0 Å². The standard InChI is InChI=1S/C24H31N6O6P.C16H22N6O4.C14H24NOP/c1-24(2)35-19-17(12-33-37(5,31)32-11-16-9-7-6-8-10-16)34-23(20(19)36-24)30-15-27-18-21(28-14-29(3)4)25-13-26-22(18)30;1-16(2)25-11-9(5-23)24-15(12(11)26-16)22-8-19-10-13(20-7-21(3)4)17-6-18-14(10)22;1-12(2)15(13(3)4)17(5)16-11-14-9-7-6-8-10-14/h6-10,13-15,17,19-20,23H,11-12H2,1-5H3;6-9,11-12,15,23H,5H2,1-4H3;6-10,12-13H,11H2,1-5H3/t17-,19?,20+,23-,37?;9-,11?,12+,15-;/m11./s1. The molecule has 0 saturated carbocycles. The largest absolute Gasteiger partial charge is 0.394 e. The van der Waals surface area contributed by atoms with E-state index in [1.165, 1.54) is 24.9 Å². The van der Waals surface area contributed by atoms with E-state index in [-0.39, 0.29) is 32.0 Å². The number of nitrogens with zero attached hydrogens (tertiary/aromatic N) is 13. The van der Waals surface area contributed by atoms with Crippen LogP contribution in [0, 0.1) is 0 Å². The molecule has 0 radical (unpaired) electrons. The van der Waals surface area contributed by atoms with E-state index in [4.69, 9.17) is 42.0 Å². The van der Waals surface area contributed by atoms with E-state index in [2.05, 4.69) is 103 Å². The van der Waals surface area contributed by atoms with Crippen molar-refractivity contribution in [2.45, 2.75) is 141 Å². The number of hydrogen-bond acceptors (Lipinski definition) is 20. The van der Waals surface area contributed by atoms with Gasteiger partial charge in [-0.3, -0.25) is 18.4 Å². The third kappa shape index (κ3) is 15.0. The molecule has 0 spiro atoms. The second-order valence-electron chi connectivity index (χ2n) is 21.5. The van der Waals surface area contributed by atoms with Gasteiger partial charge in [-0.15, -0.1) is 0 Å². The van der Waals surface area contributed by atoms with Crippen LogP contribution in [0.1, 0.15) is 79.0 Å². The number of hydrogen-bond donors (Lipinski definition) is 1. The van der Waals surface area contributed by atoms with Crippen molar-refractivity contribution < 1.29 is 51.7 Å². The summed E-state index contributed by atoms with van der Waals surface area (Å²) < 4.78 is 72.9. The Morgan fingerprint density at radius 1 is 0.662 bits per heavy atom. The summed E-state index contributed by atoms with van der Waals surface area (Å²) in [5.74, 6) is -0.656. The van der Waals surface area contributed by atoms with Crippen LogP contribution < -0.4 is 0 Å². The molecular formula is C54H77N13O11P2. The maximum Gasteiger partial charge on any atom is 0.328 e. The van der Waals surface area contributed by atoms with Gasteiger partial charge < -0.3 is 56.9 Å². The molecule has 6 aromatic rings. The van der Waals surface area contributed by atoms with Gasteiger partial charge in [-0.1, -0.05) is 60.7 Å². The molecule has 80 heavy (non-hydrogen) atoms. The Kier molecular flexibility index (Phi) is 20.0. The Morgan fingerprint density at radius 2 is 1.10 bits per heavy atom. The van der Waals surface area contributed by atoms with Crippen molar-refractivity contribution in [2.75, 3.05) is 54.7 Å². The monoisotopic (exact) mass is 1150 g/mol. The van der Waals surface area contributed by atoms with Crippen LogP contribution in [0.3, 0.4) is 0 Å². The summed E-state index contributed by atoms with van der Waals surface area (Å²) in [6, 6.07) is 20.9. The summed E-state index contributed by atoms with van der Waals surface area (Å²) in [6.45, 7) is 20.7. The molecule has 26 heteroatoms. The van der Waals surface area contributed by atoms with Gasteiger partial charge in [-0.25, -0.2) is 39.9 Å². The van der Waals surface area contributed by atoms with Crippen LogP contribution in [-0.4, -0.2) is 186 Å². The first-order chi connectivity index (χ1) is 38.0. The highest BCUT2D eigenvalue weighted by Crippen LogP contribution is 2.49. The van der Waals surface area contributed by atoms with Crippen molar-refractivity contribution >= 4 is 62.5 Å². The normalized spacial score (nSPS) is 25.0. The maximum absolute atomic E-state index is 13.0. The number of aliphatic hydroxyl groups excluding tert-OH is 1. The van der Waals surface area contributed by atoms with E-state index >= 15 is 0 Å². The molecule has 0 amide bonds. The lowest BCUT2D eigenvalue weighted by atomic mass is 10.1. The highest BCUT2D eigenvalue weighted by Gasteiger charge is 2.57. The van der Waals surface area contributed by atoms with Gasteiger partial charge in [0.2, 0.25) is 0 Å². The average molecular weight is 1150 g/mol. The fourth-order valence-electron chi connectivity index (χ4n) is 9.70. The molecule has 8 heterocycles. The molecule has 4 aromatic heterocycles. The zero-order valence-electron chi connectivity index (χ0n) is 48.1. The smallest absolute Gasteiger partial charge is 0.328 e. The predicted octanol–water partition coefficient (Wildman–Crippen LogP) is 8.24. The van der Waals surface area contributed by atoms with E-state index in [0.717, 1.165) is 5.56 Å². The first-order valence-corrected chi connectivity index (χ1v) is 30.2. The van der Waals surface area contributed by atoms with Gasteiger partial charge in [0.05, 0.1) is 51.8 Å². The number of imidazole rings is 2. The molecule has 10 atom stereocenters. The summed E-state index contributed by atoms with van der Waals surface area (Å²) in [6.07, 6.45) is 5.63. The van der Waals surface area contributed by atoms with Gasteiger partial charge in [0.25, 0.3) is 0 Å². The Labute approximate surface area is 469 Å². The highest BCUT2D eigenvalue weighted by atomic mass is 31.2. The number of benzene rings is 2. The molecule has 0 bridgehead atoms. The fourth-order valence-corrected chi connectivity index (χ4v) is 12.3. The number of ether oxygens (including phenoxy) is 6. The van der Waals surface area contributed by atoms with Crippen LogP contribution in [-0.2, 0) is 59.8 Å². The van der Waals surface area contributed by atoms with E-state index in [1.807, 2.05) is 102 Å². The maximum atomic E-state index is 13.0. The molecular weight excluding hydrogens is 1070 g/mol. The van der Waals surface area contributed by atoms with Gasteiger partial charge in [-0.2, -0.15) is 0 Å². The van der Waals surface area contributed by atoms with Gasteiger partial charge >= 0.3 is 7.60 Å². The fraction of sp³-hybridized carbons (Fsp3) is 0.556. The minimum atomic E-state index is -3.36. The number of aromatic nitrogens is 8. The van der Waals surface area contributed by atoms with Crippen LogP contribution >= 0.6 is 15.9 Å². The van der Waals surface area contributed by atoms with Crippen LogP contribution in [0.25, 0.3) is 22.3 Å². The molecule has 434 valence electrons. The SMILES string of the molecule is CC(C)N(C(C)C)P(C)OCc1ccccc1.CN(C)C=Nc1ncnc2c1ncn2[C@@H]1O[C@H](CO)C2OC(C)(C)O[C@@H]21.CN(C)C=Nc1ncnc2c1ncn2[C@@H]1O[C@H](COP(C)(=O)OCc2ccccc2)C2OC(C)(C)O[C@@H]21. The average Bonchev–Trinajstić information content (AvgIpc) is 4.32. The Hall–Kier alpha value is -5.30. The zero-order valence-corrected chi connectivity index (χ0v) is 49.9. The van der Waals surface area contributed by atoms with Crippen molar-refractivity contribution in [1.82, 2.24) is 53.5 Å². The molecule has 0 aliphatic carbocycles. The van der Waals surface area contributed by atoms with Crippen molar-refractivity contribution in [2.24, 2.45) is 9.98 Å². The third-order valence-corrected chi connectivity index (χ3v) is 16.2. The lowest BCUT2D eigenvalue weighted by Crippen LogP contribution is -2.32. The van der Waals surface area contributed by atoms with Crippen molar-refractivity contribution in [3.05, 3.63) is 97.1 Å². The van der Waals surface area contributed by atoms with Gasteiger partial charge in [0, 0.05) is 46.9 Å². The quantitative estimate of drug-likeness (QED) is 0.0456. The summed E-state index contributed by atoms with van der Waals surface area (Å²) in [7, 11) is 3.63. The molecule has 4 fully saturated rings. The lowest BCUT2D eigenvalue weighted by molar-refractivity contribution is -0.199. The molecule has 10 rings (SSSR count). The van der Waals surface area contributed by atoms with Crippen LogP contribution in [0.4, 0.5) is 11.6 Å². The van der Waals surface area contributed by atoms with Gasteiger partial charge in [-0.05, 0) is 73.2 Å². The number of aliphatic hydroxyl groups is 1. The second-order valence-corrected chi connectivity index (χ2v) is 25.2. The lowest BCUT2D eigenvalue weighted by Gasteiger charge is -2.35. The molecule has 4 aliphatic heterocycles. The van der Waals surface area contributed by atoms with Crippen LogP contribution in [0.2, 0.25) is 0 Å². The second kappa shape index (κ2) is 26.3. The van der Waals surface area contributed by atoms with Crippen LogP contribution in [0.15, 0.2) is 96.0 Å². The van der Waals surface area contributed by atoms with E-state index < -0.39 is 64.3 Å². The zero-order chi connectivity index (χ0) is 57.5. The Morgan fingerprint density at radius 3 is 1.55 bits per heavy atom. The van der Waals surface area contributed by atoms with Crippen molar-refractivity contribution in [1.29, 1.82) is 0 Å². The van der Waals surface area contributed by atoms with E-state index in [1.54, 1.807) is 34.5 Å². The number of aliphatic imine (C=N–C) groups is 2. The molecule has 1 N–H and O–H groups in total. The predicted molar refractivity (Wildman–Crippen MR) is 304 cm³/mol. The molecule has 4 aliphatic rings. The topological polar surface area (TPSA) is 242 Å². The molecule has 4 unspecified atom stereocenters. The minimum absolute atomic E-state index is 0.000331. The van der Waals surface area contributed by atoms with Crippen LogP contribution in [0.5, 0.6) is 0 Å². The number of rotatable bonds is 19. The summed E-state index contributed by atoms with van der Waals surface area (Å²) in [5.41, 5.74) is 4.38. The summed E-state index contributed by atoms with van der Waals surface area (Å²) in [4.78, 5) is 38.4. The molecule has 4 saturated heterocycles. The first kappa shape index (κ1) is 60.8. The third-order valence-electron chi connectivity index (χ3n) is 12.9. The summed E-state index contributed by atoms with van der Waals surface area (Å²) >= 11 is 0. The van der Waals surface area contributed by atoms with Crippen molar-refractivity contribution in [3.8, 4) is 0 Å². The van der Waals surface area contributed by atoms with E-state index in [9.17, 15) is 9.67 Å². The number of fused-ring (bicyclic) bond motifs is 4. The Balaban J connectivity index is 0.000000170. The minimum Gasteiger partial charge on any atom is -0.394 e.